The lowest BCUT2D eigenvalue weighted by Crippen LogP contribution is -2.44. The van der Waals surface area contributed by atoms with E-state index >= 15 is 0 Å². The standard InChI is InChI=1S/C14H29N3OS/c1-11(2)17(12(3)4)7-5-16-14(18)9-13-10-19-8-6-15-13/h11-13,15H,5-10H2,1-4H3,(H,16,18). The number of amides is 1. The molecule has 1 saturated heterocycles. The van der Waals surface area contributed by atoms with Crippen molar-refractivity contribution in [3.05, 3.63) is 0 Å². The molecular weight excluding hydrogens is 258 g/mol. The summed E-state index contributed by atoms with van der Waals surface area (Å²) in [4.78, 5) is 14.3. The molecule has 1 rings (SSSR count). The van der Waals surface area contributed by atoms with Gasteiger partial charge in [-0.15, -0.1) is 0 Å². The van der Waals surface area contributed by atoms with E-state index in [1.165, 1.54) is 0 Å². The van der Waals surface area contributed by atoms with Crippen molar-refractivity contribution in [3.63, 3.8) is 0 Å². The number of hydrogen-bond acceptors (Lipinski definition) is 4. The lowest BCUT2D eigenvalue weighted by Gasteiger charge is -2.30. The van der Waals surface area contributed by atoms with Crippen molar-refractivity contribution in [3.8, 4) is 0 Å². The molecule has 0 aliphatic carbocycles. The third kappa shape index (κ3) is 6.63. The second kappa shape index (κ2) is 8.82. The fourth-order valence-corrected chi connectivity index (χ4v) is 3.43. The predicted octanol–water partition coefficient (Wildman–Crippen LogP) is 1.32. The van der Waals surface area contributed by atoms with Crippen molar-refractivity contribution in [2.75, 3.05) is 31.1 Å². The van der Waals surface area contributed by atoms with Crippen molar-refractivity contribution in [1.29, 1.82) is 0 Å². The van der Waals surface area contributed by atoms with E-state index in [9.17, 15) is 4.79 Å². The molecule has 0 spiro atoms. The Morgan fingerprint density at radius 2 is 2.05 bits per heavy atom. The lowest BCUT2D eigenvalue weighted by molar-refractivity contribution is -0.121. The van der Waals surface area contributed by atoms with E-state index in [2.05, 4.69) is 43.2 Å². The number of carbonyl (C=O) groups excluding carboxylic acids is 1. The first-order valence-corrected chi connectivity index (χ1v) is 8.49. The van der Waals surface area contributed by atoms with E-state index < -0.39 is 0 Å². The van der Waals surface area contributed by atoms with Crippen molar-refractivity contribution in [1.82, 2.24) is 15.5 Å². The molecule has 1 aliphatic heterocycles. The highest BCUT2D eigenvalue weighted by molar-refractivity contribution is 7.99. The highest BCUT2D eigenvalue weighted by Crippen LogP contribution is 2.10. The first kappa shape index (κ1) is 16.8. The number of nitrogens with one attached hydrogen (secondary N) is 2. The quantitative estimate of drug-likeness (QED) is 0.741. The molecule has 0 aromatic carbocycles. The summed E-state index contributed by atoms with van der Waals surface area (Å²) < 4.78 is 0. The highest BCUT2D eigenvalue weighted by Gasteiger charge is 2.17. The Morgan fingerprint density at radius 1 is 1.37 bits per heavy atom. The van der Waals surface area contributed by atoms with Crippen LogP contribution in [0.15, 0.2) is 0 Å². The molecular formula is C14H29N3OS. The Morgan fingerprint density at radius 3 is 2.58 bits per heavy atom. The average Bonchev–Trinajstić information content (AvgIpc) is 2.34. The third-order valence-electron chi connectivity index (χ3n) is 3.45. The number of thioether (sulfide) groups is 1. The van der Waals surface area contributed by atoms with Gasteiger partial charge >= 0.3 is 0 Å². The minimum Gasteiger partial charge on any atom is -0.355 e. The summed E-state index contributed by atoms with van der Waals surface area (Å²) in [5, 5.41) is 6.43. The lowest BCUT2D eigenvalue weighted by atomic mass is 10.2. The second-order valence-electron chi connectivity index (χ2n) is 5.71. The SMILES string of the molecule is CC(C)N(CCNC(=O)CC1CSCCN1)C(C)C. The van der Waals surface area contributed by atoms with Crippen LogP contribution in [0.4, 0.5) is 0 Å². The first-order chi connectivity index (χ1) is 9.00. The average molecular weight is 287 g/mol. The third-order valence-corrected chi connectivity index (χ3v) is 4.58. The van der Waals surface area contributed by atoms with E-state index in [1.54, 1.807) is 0 Å². The Bertz CT molecular complexity index is 257. The van der Waals surface area contributed by atoms with Crippen molar-refractivity contribution in [2.24, 2.45) is 0 Å². The molecule has 19 heavy (non-hydrogen) atoms. The molecule has 0 aromatic heterocycles. The molecule has 1 atom stereocenters. The molecule has 0 aromatic rings. The molecule has 1 fully saturated rings. The van der Waals surface area contributed by atoms with Gasteiger partial charge in [0.05, 0.1) is 0 Å². The van der Waals surface area contributed by atoms with Crippen molar-refractivity contribution < 1.29 is 4.79 Å². The van der Waals surface area contributed by atoms with Gasteiger partial charge in [0.1, 0.15) is 0 Å². The van der Waals surface area contributed by atoms with Gasteiger partial charge in [-0.25, -0.2) is 0 Å². The predicted molar refractivity (Wildman–Crippen MR) is 83.7 cm³/mol. The molecule has 2 N–H and O–H groups in total. The van der Waals surface area contributed by atoms with Gasteiger partial charge in [-0.05, 0) is 27.7 Å². The van der Waals surface area contributed by atoms with Crippen LogP contribution in [0.25, 0.3) is 0 Å². The zero-order valence-corrected chi connectivity index (χ0v) is 13.6. The minimum atomic E-state index is 0.174. The van der Waals surface area contributed by atoms with Crippen LogP contribution in [0.1, 0.15) is 34.1 Å². The number of hydrogen-bond donors (Lipinski definition) is 2. The Kier molecular flexibility index (Phi) is 7.80. The largest absolute Gasteiger partial charge is 0.355 e. The Hall–Kier alpha value is -0.260. The molecule has 0 bridgehead atoms. The van der Waals surface area contributed by atoms with Crippen LogP contribution >= 0.6 is 11.8 Å². The van der Waals surface area contributed by atoms with Gasteiger partial charge < -0.3 is 10.6 Å². The molecule has 1 unspecified atom stereocenters. The molecule has 112 valence electrons. The number of carbonyl (C=O) groups is 1. The van der Waals surface area contributed by atoms with E-state index in [0.29, 0.717) is 24.5 Å². The molecule has 4 nitrogen and oxygen atoms in total. The maximum atomic E-state index is 11.9. The van der Waals surface area contributed by atoms with Crippen LogP contribution in [0.3, 0.4) is 0 Å². The van der Waals surface area contributed by atoms with Gasteiger partial charge in [0, 0.05) is 55.7 Å². The van der Waals surface area contributed by atoms with Gasteiger partial charge in [0.15, 0.2) is 0 Å². The molecule has 1 aliphatic rings. The van der Waals surface area contributed by atoms with E-state index in [0.717, 1.165) is 31.1 Å². The summed E-state index contributed by atoms with van der Waals surface area (Å²) in [5.74, 6) is 2.39. The van der Waals surface area contributed by atoms with Gasteiger partial charge in [-0.1, -0.05) is 0 Å². The number of rotatable bonds is 7. The number of nitrogens with zero attached hydrogens (tertiary/aromatic N) is 1. The Labute approximate surface area is 122 Å². The van der Waals surface area contributed by atoms with Crippen LogP contribution in [0, 0.1) is 0 Å². The molecule has 1 heterocycles. The normalized spacial score (nSPS) is 20.3. The second-order valence-corrected chi connectivity index (χ2v) is 6.86. The fourth-order valence-electron chi connectivity index (χ4n) is 2.48. The van der Waals surface area contributed by atoms with Gasteiger partial charge in [0.2, 0.25) is 5.91 Å². The topological polar surface area (TPSA) is 44.4 Å². The maximum absolute atomic E-state index is 11.9. The highest BCUT2D eigenvalue weighted by atomic mass is 32.2. The molecule has 5 heteroatoms. The smallest absolute Gasteiger partial charge is 0.221 e. The Balaban J connectivity index is 2.18. The van der Waals surface area contributed by atoms with E-state index in [1.807, 2.05) is 11.8 Å². The summed E-state index contributed by atoms with van der Waals surface area (Å²) in [5.41, 5.74) is 0. The van der Waals surface area contributed by atoms with Crippen molar-refractivity contribution >= 4 is 17.7 Å². The minimum absolute atomic E-state index is 0.174. The van der Waals surface area contributed by atoms with Crippen LogP contribution in [0.2, 0.25) is 0 Å². The van der Waals surface area contributed by atoms with Crippen LogP contribution < -0.4 is 10.6 Å². The zero-order valence-electron chi connectivity index (χ0n) is 12.7. The van der Waals surface area contributed by atoms with Crippen LogP contribution in [-0.2, 0) is 4.79 Å². The molecule has 0 radical (unpaired) electrons. The maximum Gasteiger partial charge on any atom is 0.221 e. The first-order valence-electron chi connectivity index (χ1n) is 7.34. The van der Waals surface area contributed by atoms with Crippen LogP contribution in [-0.4, -0.2) is 60.1 Å². The zero-order chi connectivity index (χ0) is 14.3. The fraction of sp³-hybridized carbons (Fsp3) is 0.929. The van der Waals surface area contributed by atoms with Gasteiger partial charge in [0.25, 0.3) is 0 Å². The van der Waals surface area contributed by atoms with Crippen LogP contribution in [0.5, 0.6) is 0 Å². The van der Waals surface area contributed by atoms with E-state index in [4.69, 9.17) is 0 Å². The van der Waals surface area contributed by atoms with Gasteiger partial charge in [-0.2, -0.15) is 11.8 Å². The van der Waals surface area contributed by atoms with E-state index in [-0.39, 0.29) is 5.91 Å². The summed E-state index contributed by atoms with van der Waals surface area (Å²) in [6.07, 6.45) is 0.607. The van der Waals surface area contributed by atoms with Gasteiger partial charge in [-0.3, -0.25) is 9.69 Å². The molecule has 0 saturated carbocycles. The summed E-state index contributed by atoms with van der Waals surface area (Å²) in [7, 11) is 0. The monoisotopic (exact) mass is 287 g/mol. The van der Waals surface area contributed by atoms with Crippen molar-refractivity contribution in [2.45, 2.75) is 52.2 Å². The molecule has 1 amide bonds. The summed E-state index contributed by atoms with van der Waals surface area (Å²) in [6, 6.07) is 1.40. The summed E-state index contributed by atoms with van der Waals surface area (Å²) >= 11 is 1.93. The summed E-state index contributed by atoms with van der Waals surface area (Å²) in [6.45, 7) is 11.5.